The lowest BCUT2D eigenvalue weighted by Gasteiger charge is -2.25. The number of unbranched alkanes of at least 4 members (excludes halogenated alkanes) is 1. The number of rotatable bonds is 7. The number of aldehydes is 1. The summed E-state index contributed by atoms with van der Waals surface area (Å²) in [5.41, 5.74) is 2.08. The topological polar surface area (TPSA) is 53.0 Å². The van der Waals surface area contributed by atoms with Gasteiger partial charge in [-0.1, -0.05) is 44.9 Å². The number of halogens is 2. The molecule has 0 radical (unpaired) electrons. The van der Waals surface area contributed by atoms with Gasteiger partial charge in [0.1, 0.15) is 5.75 Å². The number of alkyl halides is 2. The molecule has 1 aliphatic heterocycles. The van der Waals surface area contributed by atoms with Crippen LogP contribution in [0.4, 0.5) is 20.2 Å². The summed E-state index contributed by atoms with van der Waals surface area (Å²) in [5.74, 6) is -3.14. The number of hydrogen-bond donors (Lipinski definition) is 1. The summed E-state index contributed by atoms with van der Waals surface area (Å²) in [4.78, 5) is 14.4. The molecule has 0 aromatic heterocycles. The zero-order valence-corrected chi connectivity index (χ0v) is 21.5. The number of ether oxygens (including phenoxy) is 1. The molecule has 0 aliphatic carbocycles. The van der Waals surface area contributed by atoms with Crippen molar-refractivity contribution in [1.29, 1.82) is 0 Å². The molecule has 0 bridgehead atoms. The summed E-state index contributed by atoms with van der Waals surface area (Å²) < 4.78 is 34.0. The van der Waals surface area contributed by atoms with Crippen molar-refractivity contribution in [1.82, 2.24) is 4.31 Å². The predicted octanol–water partition coefficient (Wildman–Crippen LogP) is 6.13. The number of likely N-dealkylation sites (N-methyl/N-ethyl adjacent to an activating group) is 1. The highest BCUT2D eigenvalue weighted by Gasteiger charge is 2.30. The summed E-state index contributed by atoms with van der Waals surface area (Å²) in [7, 11) is 2.99. The van der Waals surface area contributed by atoms with Crippen molar-refractivity contribution in [3.63, 3.8) is 0 Å². The quantitative estimate of drug-likeness (QED) is 0.279. The van der Waals surface area contributed by atoms with Crippen molar-refractivity contribution in [2.45, 2.75) is 42.4 Å². The van der Waals surface area contributed by atoms with Crippen LogP contribution in [0.5, 0.6) is 5.75 Å². The molecule has 5 nitrogen and oxygen atoms in total. The summed E-state index contributed by atoms with van der Waals surface area (Å²) in [6.45, 7) is 5.03. The Balaban J connectivity index is 0.000000820. The highest BCUT2D eigenvalue weighted by Crippen LogP contribution is 2.44. The normalized spacial score (nSPS) is 13.5. The van der Waals surface area contributed by atoms with Crippen LogP contribution in [0.15, 0.2) is 52.3 Å². The van der Waals surface area contributed by atoms with Gasteiger partial charge in [0.2, 0.25) is 0 Å². The van der Waals surface area contributed by atoms with Crippen LogP contribution >= 0.6 is 23.7 Å². The van der Waals surface area contributed by atoms with Crippen LogP contribution in [-0.2, 0) is 4.79 Å². The van der Waals surface area contributed by atoms with Gasteiger partial charge in [-0.25, -0.2) is 4.31 Å². The van der Waals surface area contributed by atoms with E-state index in [1.165, 1.54) is 24.6 Å². The lowest BCUT2D eigenvalue weighted by molar-refractivity contribution is -0.133. The van der Waals surface area contributed by atoms with Crippen LogP contribution in [0.3, 0.4) is 0 Å². The molecule has 1 aliphatic rings. The van der Waals surface area contributed by atoms with E-state index in [0.717, 1.165) is 41.4 Å². The van der Waals surface area contributed by atoms with Crippen LogP contribution in [0.2, 0.25) is 0 Å². The minimum Gasteiger partial charge on any atom is -0.486 e. The molecule has 0 unspecified atom stereocenters. The SMILES string of the molecule is CCCC.CO.CSc1cc2c(cc1OCC(F)(F)C=O)SN(C)CCN2c1ccccc1. The molecule has 0 saturated heterocycles. The van der Waals surface area contributed by atoms with Crippen molar-refractivity contribution in [2.75, 3.05) is 45.0 Å². The number of anilines is 2. The second kappa shape index (κ2) is 15.2. The van der Waals surface area contributed by atoms with Gasteiger partial charge >= 0.3 is 5.92 Å². The third-order valence-electron chi connectivity index (χ3n) is 4.59. The number of aliphatic hydroxyl groups excluding tert-OH is 1. The molecule has 0 fully saturated rings. The molecule has 33 heavy (non-hydrogen) atoms. The number of hydrogen-bond acceptors (Lipinski definition) is 7. The maximum absolute atomic E-state index is 13.3. The van der Waals surface area contributed by atoms with E-state index in [0.29, 0.717) is 5.75 Å². The number of carbonyl (C=O) groups is 1. The van der Waals surface area contributed by atoms with Gasteiger partial charge in [0, 0.05) is 25.9 Å². The first kappa shape index (κ1) is 29.2. The first-order valence-corrected chi connectivity index (χ1v) is 12.7. The smallest absolute Gasteiger partial charge is 0.335 e. The van der Waals surface area contributed by atoms with Crippen molar-refractivity contribution in [3.05, 3.63) is 42.5 Å². The Labute approximate surface area is 204 Å². The molecule has 0 atom stereocenters. The highest BCUT2D eigenvalue weighted by molar-refractivity contribution is 7.98. The van der Waals surface area contributed by atoms with E-state index < -0.39 is 12.5 Å². The fraction of sp³-hybridized carbons (Fsp3) is 0.458. The molecular formula is C24H34F2N2O3S2. The largest absolute Gasteiger partial charge is 0.486 e. The van der Waals surface area contributed by atoms with Gasteiger partial charge < -0.3 is 14.7 Å². The zero-order valence-electron chi connectivity index (χ0n) is 19.9. The fourth-order valence-electron chi connectivity index (χ4n) is 2.75. The molecule has 1 N–H and O–H groups in total. The number of fused-ring (bicyclic) bond motifs is 1. The Morgan fingerprint density at radius 1 is 1.15 bits per heavy atom. The van der Waals surface area contributed by atoms with E-state index in [9.17, 15) is 13.6 Å². The number of nitrogens with zero attached hydrogens (tertiary/aromatic N) is 2. The van der Waals surface area contributed by atoms with Crippen LogP contribution in [-0.4, -0.2) is 61.7 Å². The number of carbonyl (C=O) groups excluding carboxylic acids is 1. The van der Waals surface area contributed by atoms with E-state index >= 15 is 0 Å². The number of aliphatic hydroxyl groups is 1. The molecule has 3 rings (SSSR count). The molecule has 184 valence electrons. The lowest BCUT2D eigenvalue weighted by Crippen LogP contribution is -2.27. The van der Waals surface area contributed by atoms with E-state index in [4.69, 9.17) is 9.84 Å². The van der Waals surface area contributed by atoms with Gasteiger partial charge in [-0.15, -0.1) is 11.8 Å². The zero-order chi connectivity index (χ0) is 24.9. The minimum absolute atomic E-state index is 0.360. The predicted molar refractivity (Wildman–Crippen MR) is 135 cm³/mol. The average molecular weight is 501 g/mol. The van der Waals surface area contributed by atoms with Crippen molar-refractivity contribution < 1.29 is 23.4 Å². The number of benzene rings is 2. The van der Waals surface area contributed by atoms with Crippen LogP contribution in [0.25, 0.3) is 0 Å². The fourth-order valence-corrected chi connectivity index (χ4v) is 4.23. The third kappa shape index (κ3) is 9.16. The maximum Gasteiger partial charge on any atom is 0.335 e. The van der Waals surface area contributed by atoms with Crippen LogP contribution in [0, 0.1) is 0 Å². The molecule has 2 aromatic carbocycles. The standard InChI is InChI=1S/C19H20F2N2O2S2.C4H10.CH4O/c1-22-8-9-23(14-6-4-3-5-7-14)15-10-18(26-2)16(11-17(15)27-22)25-13-19(20,21)12-24;1-3-4-2;1-2/h3-7,10-12H,8-9,13H2,1-2H3;3-4H2,1-2H3;2H,1H3. The lowest BCUT2D eigenvalue weighted by atomic mass is 10.2. The second-order valence-corrected chi connectivity index (χ2v) is 9.16. The summed E-state index contributed by atoms with van der Waals surface area (Å²) in [5, 5.41) is 7.00. The van der Waals surface area contributed by atoms with Crippen molar-refractivity contribution in [3.8, 4) is 5.75 Å². The van der Waals surface area contributed by atoms with Gasteiger partial charge in [0.05, 0.1) is 15.5 Å². The van der Waals surface area contributed by atoms with Gasteiger partial charge in [0.15, 0.2) is 12.9 Å². The van der Waals surface area contributed by atoms with E-state index in [2.05, 4.69) is 23.1 Å². The third-order valence-corrected chi connectivity index (χ3v) is 6.37. The first-order chi connectivity index (χ1) is 15.8. The molecule has 0 spiro atoms. The van der Waals surface area contributed by atoms with Crippen molar-refractivity contribution >= 4 is 41.4 Å². The summed E-state index contributed by atoms with van der Waals surface area (Å²) in [6.07, 6.45) is 4.13. The van der Waals surface area contributed by atoms with E-state index in [1.54, 1.807) is 18.0 Å². The molecule has 0 saturated carbocycles. The second-order valence-electron chi connectivity index (χ2n) is 7.07. The Hall–Kier alpha value is -1.81. The molecule has 0 amide bonds. The average Bonchev–Trinajstić information content (AvgIpc) is 3.01. The van der Waals surface area contributed by atoms with Gasteiger partial charge in [0.25, 0.3) is 0 Å². The van der Waals surface area contributed by atoms with Crippen molar-refractivity contribution in [2.24, 2.45) is 0 Å². The molecular weight excluding hydrogens is 466 g/mol. The molecule has 1 heterocycles. The van der Waals surface area contributed by atoms with E-state index in [1.807, 2.05) is 49.7 Å². The molecule has 9 heteroatoms. The van der Waals surface area contributed by atoms with Gasteiger partial charge in [-0.05, 0) is 49.5 Å². The summed E-state index contributed by atoms with van der Waals surface area (Å²) in [6, 6.07) is 13.8. The van der Waals surface area contributed by atoms with Crippen LogP contribution in [0.1, 0.15) is 26.7 Å². The number of thioether (sulfide) groups is 1. The minimum atomic E-state index is -3.50. The first-order valence-electron chi connectivity index (χ1n) is 10.7. The van der Waals surface area contributed by atoms with Gasteiger partial charge in [-0.2, -0.15) is 8.78 Å². The van der Waals surface area contributed by atoms with Gasteiger partial charge in [-0.3, -0.25) is 4.79 Å². The number of para-hydroxylation sites is 1. The Bertz CT molecular complexity index is 840. The Morgan fingerprint density at radius 2 is 1.79 bits per heavy atom. The maximum atomic E-state index is 13.3. The highest BCUT2D eigenvalue weighted by atomic mass is 32.2. The van der Waals surface area contributed by atoms with E-state index in [-0.39, 0.29) is 6.29 Å². The molecule has 2 aromatic rings. The Kier molecular flexibility index (Phi) is 13.4. The Morgan fingerprint density at radius 3 is 2.33 bits per heavy atom. The summed E-state index contributed by atoms with van der Waals surface area (Å²) >= 11 is 2.97. The van der Waals surface area contributed by atoms with Crippen LogP contribution < -0.4 is 9.64 Å². The monoisotopic (exact) mass is 500 g/mol.